The number of ether oxygens (including phenoxy) is 1. The smallest absolute Gasteiger partial charge is 0.247 e. The molecule has 0 saturated carbocycles. The minimum atomic E-state index is -1.04. The summed E-state index contributed by atoms with van der Waals surface area (Å²) in [5, 5.41) is 23.3. The number of amides is 2. The molecule has 8 heteroatoms. The maximum atomic E-state index is 13.4. The minimum absolute atomic E-state index is 0.0852. The van der Waals surface area contributed by atoms with Gasteiger partial charge in [0.1, 0.15) is 18.0 Å². The minimum Gasteiger partial charge on any atom is -0.482 e. The molecular formula is C27H33IN2O5. The second-order valence-corrected chi connectivity index (χ2v) is 10.2. The van der Waals surface area contributed by atoms with Crippen LogP contribution in [0.4, 0.5) is 0 Å². The van der Waals surface area contributed by atoms with E-state index in [1.165, 1.54) is 0 Å². The number of benzene rings is 2. The standard InChI is InChI=1S/C27H33IN2O5/c1-18(2)14-25(32)30(17-19-8-4-3-5-9-19)22-15-20(27(34)29-12-13-31)16-24(26(22)33)35-23-11-7-6-10-21(23)28/h3-11,16,18,22,24,26,31,33H,12-15,17H2,1-2H3,(H,29,34). The van der Waals surface area contributed by atoms with Crippen molar-refractivity contribution in [2.45, 2.75) is 51.5 Å². The van der Waals surface area contributed by atoms with E-state index in [-0.39, 0.29) is 37.3 Å². The van der Waals surface area contributed by atoms with Gasteiger partial charge >= 0.3 is 0 Å². The third-order valence-corrected chi connectivity index (χ3v) is 6.70. The normalized spacial score (nSPS) is 19.7. The van der Waals surface area contributed by atoms with Gasteiger partial charge in [0, 0.05) is 31.5 Å². The van der Waals surface area contributed by atoms with Gasteiger partial charge in [-0.3, -0.25) is 9.59 Å². The summed E-state index contributed by atoms with van der Waals surface area (Å²) in [6.45, 7) is 4.21. The number of nitrogens with zero attached hydrogens (tertiary/aromatic N) is 1. The van der Waals surface area contributed by atoms with Crippen molar-refractivity contribution in [1.29, 1.82) is 0 Å². The van der Waals surface area contributed by atoms with Crippen molar-refractivity contribution in [3.05, 3.63) is 75.4 Å². The zero-order chi connectivity index (χ0) is 25.4. The maximum Gasteiger partial charge on any atom is 0.247 e. The zero-order valence-corrected chi connectivity index (χ0v) is 22.2. The van der Waals surface area contributed by atoms with Crippen LogP contribution in [0.5, 0.6) is 5.75 Å². The molecule has 7 nitrogen and oxygen atoms in total. The van der Waals surface area contributed by atoms with E-state index in [1.54, 1.807) is 11.0 Å². The molecule has 0 aromatic heterocycles. The highest BCUT2D eigenvalue weighted by Gasteiger charge is 2.40. The molecule has 0 spiro atoms. The molecule has 2 aromatic carbocycles. The number of carbonyl (C=O) groups excluding carboxylic acids is 2. The molecule has 3 N–H and O–H groups in total. The van der Waals surface area contributed by atoms with Gasteiger partial charge in [-0.15, -0.1) is 0 Å². The third kappa shape index (κ3) is 7.52. The van der Waals surface area contributed by atoms with E-state index in [9.17, 15) is 14.7 Å². The van der Waals surface area contributed by atoms with Gasteiger partial charge in [-0.25, -0.2) is 0 Å². The van der Waals surface area contributed by atoms with Gasteiger partial charge in [0.2, 0.25) is 11.8 Å². The molecule has 0 radical (unpaired) electrons. The van der Waals surface area contributed by atoms with E-state index in [2.05, 4.69) is 27.9 Å². The second-order valence-electron chi connectivity index (χ2n) is 9.05. The van der Waals surface area contributed by atoms with Crippen molar-refractivity contribution in [3.63, 3.8) is 0 Å². The number of hydrogen-bond donors (Lipinski definition) is 3. The molecule has 35 heavy (non-hydrogen) atoms. The first-order valence-corrected chi connectivity index (χ1v) is 12.9. The monoisotopic (exact) mass is 592 g/mol. The highest BCUT2D eigenvalue weighted by atomic mass is 127. The average Bonchev–Trinajstić information content (AvgIpc) is 2.84. The Hall–Kier alpha value is -2.43. The number of nitrogens with one attached hydrogen (secondary N) is 1. The molecule has 0 heterocycles. The number of aliphatic hydroxyl groups is 2. The number of halogens is 1. The Kier molecular flexibility index (Phi) is 10.1. The lowest BCUT2D eigenvalue weighted by molar-refractivity contribution is -0.140. The molecule has 3 rings (SSSR count). The Bertz CT molecular complexity index is 1030. The number of para-hydroxylation sites is 1. The highest BCUT2D eigenvalue weighted by Crippen LogP contribution is 2.31. The second kappa shape index (κ2) is 13.0. The molecule has 188 valence electrons. The van der Waals surface area contributed by atoms with Crippen molar-refractivity contribution in [2.24, 2.45) is 5.92 Å². The third-order valence-electron chi connectivity index (χ3n) is 5.81. The van der Waals surface area contributed by atoms with Crippen molar-refractivity contribution in [2.75, 3.05) is 13.2 Å². The molecule has 1 aliphatic carbocycles. The number of aliphatic hydroxyl groups excluding tert-OH is 2. The predicted octanol–water partition coefficient (Wildman–Crippen LogP) is 3.28. The summed E-state index contributed by atoms with van der Waals surface area (Å²) < 4.78 is 7.04. The fraction of sp³-hybridized carbons (Fsp3) is 0.407. The number of carbonyl (C=O) groups is 2. The predicted molar refractivity (Wildman–Crippen MR) is 143 cm³/mol. The number of hydrogen-bond acceptors (Lipinski definition) is 5. The van der Waals surface area contributed by atoms with E-state index in [1.807, 2.05) is 68.4 Å². The fourth-order valence-electron chi connectivity index (χ4n) is 4.10. The van der Waals surface area contributed by atoms with E-state index >= 15 is 0 Å². The Balaban J connectivity index is 1.97. The molecule has 0 fully saturated rings. The van der Waals surface area contributed by atoms with Crippen LogP contribution in [0.25, 0.3) is 0 Å². The van der Waals surface area contributed by atoms with Gasteiger partial charge in [0.15, 0.2) is 0 Å². The summed E-state index contributed by atoms with van der Waals surface area (Å²) >= 11 is 2.16. The molecular weight excluding hydrogens is 559 g/mol. The summed E-state index contributed by atoms with van der Waals surface area (Å²) in [7, 11) is 0. The molecule has 3 unspecified atom stereocenters. The summed E-state index contributed by atoms with van der Waals surface area (Å²) in [5.41, 5.74) is 1.35. The maximum absolute atomic E-state index is 13.4. The van der Waals surface area contributed by atoms with Crippen LogP contribution in [0.1, 0.15) is 32.3 Å². The van der Waals surface area contributed by atoms with Crippen molar-refractivity contribution in [3.8, 4) is 5.75 Å². The van der Waals surface area contributed by atoms with Gasteiger partial charge in [0.25, 0.3) is 0 Å². The van der Waals surface area contributed by atoms with Crippen molar-refractivity contribution < 1.29 is 24.5 Å². The molecule has 1 aliphatic rings. The van der Waals surface area contributed by atoms with Crippen LogP contribution in [0, 0.1) is 9.49 Å². The first-order valence-electron chi connectivity index (χ1n) is 11.8. The Morgan fingerprint density at radius 3 is 2.49 bits per heavy atom. The molecule has 2 aromatic rings. The summed E-state index contributed by atoms with van der Waals surface area (Å²) in [6.07, 6.45) is 0.268. The fourth-order valence-corrected chi connectivity index (χ4v) is 4.62. The molecule has 0 bridgehead atoms. The molecule has 0 aliphatic heterocycles. The van der Waals surface area contributed by atoms with Crippen LogP contribution in [0.3, 0.4) is 0 Å². The van der Waals surface area contributed by atoms with Crippen LogP contribution in [0.15, 0.2) is 66.2 Å². The largest absolute Gasteiger partial charge is 0.482 e. The van der Waals surface area contributed by atoms with Crippen LogP contribution in [-0.2, 0) is 16.1 Å². The van der Waals surface area contributed by atoms with Crippen LogP contribution in [-0.4, -0.2) is 58.3 Å². The van der Waals surface area contributed by atoms with Crippen LogP contribution >= 0.6 is 22.6 Å². The Morgan fingerprint density at radius 2 is 1.83 bits per heavy atom. The summed E-state index contributed by atoms with van der Waals surface area (Å²) in [6, 6.07) is 16.4. The van der Waals surface area contributed by atoms with Crippen LogP contribution < -0.4 is 10.1 Å². The van der Waals surface area contributed by atoms with E-state index in [0.29, 0.717) is 24.3 Å². The lowest BCUT2D eigenvalue weighted by Crippen LogP contribution is -2.55. The first-order chi connectivity index (χ1) is 16.8. The van der Waals surface area contributed by atoms with Gasteiger partial charge in [-0.05, 0) is 52.3 Å². The topological polar surface area (TPSA) is 99.1 Å². The highest BCUT2D eigenvalue weighted by molar-refractivity contribution is 14.1. The quantitative estimate of drug-likeness (QED) is 0.368. The van der Waals surface area contributed by atoms with Gasteiger partial charge in [0.05, 0.1) is 16.2 Å². The molecule has 0 saturated heterocycles. The Morgan fingerprint density at radius 1 is 1.14 bits per heavy atom. The average molecular weight is 592 g/mol. The van der Waals surface area contributed by atoms with E-state index < -0.39 is 18.2 Å². The number of rotatable bonds is 10. The molecule has 2 amide bonds. The zero-order valence-electron chi connectivity index (χ0n) is 20.1. The van der Waals surface area contributed by atoms with Crippen molar-refractivity contribution >= 4 is 34.4 Å². The van der Waals surface area contributed by atoms with E-state index in [4.69, 9.17) is 9.84 Å². The Labute approximate surface area is 220 Å². The van der Waals surface area contributed by atoms with Gasteiger partial charge in [-0.2, -0.15) is 0 Å². The lowest BCUT2D eigenvalue weighted by Gasteiger charge is -2.41. The lowest BCUT2D eigenvalue weighted by atomic mass is 9.87. The van der Waals surface area contributed by atoms with Crippen LogP contribution in [0.2, 0.25) is 0 Å². The molecule has 3 atom stereocenters. The van der Waals surface area contributed by atoms with E-state index in [0.717, 1.165) is 9.13 Å². The first kappa shape index (κ1) is 27.2. The summed E-state index contributed by atoms with van der Waals surface area (Å²) in [5.74, 6) is 0.302. The van der Waals surface area contributed by atoms with Gasteiger partial charge < -0.3 is 25.2 Å². The van der Waals surface area contributed by atoms with Gasteiger partial charge in [-0.1, -0.05) is 56.3 Å². The summed E-state index contributed by atoms with van der Waals surface area (Å²) in [4.78, 5) is 27.9. The van der Waals surface area contributed by atoms with Crippen molar-refractivity contribution in [1.82, 2.24) is 10.2 Å². The SMILES string of the molecule is CC(C)CC(=O)N(Cc1ccccc1)C1CC(C(=O)NCCO)=CC(Oc2ccccc2I)C1O.